The van der Waals surface area contributed by atoms with E-state index in [9.17, 15) is 17.6 Å². The lowest BCUT2D eigenvalue weighted by Gasteiger charge is -2.17. The van der Waals surface area contributed by atoms with Gasteiger partial charge in [0.15, 0.2) is 6.10 Å². The maximum Gasteiger partial charge on any atom is 0.265 e. The second kappa shape index (κ2) is 9.18. The van der Waals surface area contributed by atoms with Gasteiger partial charge in [0.05, 0.1) is 10.6 Å². The number of aryl methyl sites for hydroxylation is 2. The maximum atomic E-state index is 13.7. The lowest BCUT2D eigenvalue weighted by atomic mass is 10.1. The van der Waals surface area contributed by atoms with Gasteiger partial charge < -0.3 is 10.1 Å². The number of sulfonamides is 1. The fourth-order valence-corrected chi connectivity index (χ4v) is 3.95. The molecule has 3 aromatic rings. The summed E-state index contributed by atoms with van der Waals surface area (Å²) in [6, 6.07) is 16.7. The third-order valence-corrected chi connectivity index (χ3v) is 5.94. The van der Waals surface area contributed by atoms with E-state index in [0.29, 0.717) is 11.4 Å². The van der Waals surface area contributed by atoms with Gasteiger partial charge in [0, 0.05) is 5.69 Å². The Balaban J connectivity index is 1.65. The number of hydrogen-bond donors (Lipinski definition) is 2. The van der Waals surface area contributed by atoms with Gasteiger partial charge in [-0.2, -0.15) is 0 Å². The lowest BCUT2D eigenvalue weighted by molar-refractivity contribution is -0.122. The molecule has 6 nitrogen and oxygen atoms in total. The molecule has 3 aromatic carbocycles. The Kier molecular flexibility index (Phi) is 6.60. The number of rotatable bonds is 7. The van der Waals surface area contributed by atoms with E-state index in [0.717, 1.165) is 17.2 Å². The Bertz CT molecular complexity index is 1190. The number of halogens is 1. The second-order valence-electron chi connectivity index (χ2n) is 7.13. The summed E-state index contributed by atoms with van der Waals surface area (Å²) in [5.74, 6) is -0.429. The minimum atomic E-state index is -3.97. The third-order valence-electron chi connectivity index (χ3n) is 4.55. The Labute approximate surface area is 181 Å². The fraction of sp³-hybridized carbons (Fsp3) is 0.174. The molecule has 0 saturated heterocycles. The molecule has 0 aliphatic heterocycles. The average molecular weight is 443 g/mol. The molecule has 1 amide bonds. The van der Waals surface area contributed by atoms with E-state index < -0.39 is 21.9 Å². The van der Waals surface area contributed by atoms with Crippen molar-refractivity contribution in [3.05, 3.63) is 83.7 Å². The van der Waals surface area contributed by atoms with Crippen LogP contribution in [-0.4, -0.2) is 20.4 Å². The Hall–Kier alpha value is -3.39. The van der Waals surface area contributed by atoms with Crippen molar-refractivity contribution in [2.24, 2.45) is 0 Å². The molecule has 3 rings (SSSR count). The number of hydrogen-bond acceptors (Lipinski definition) is 4. The van der Waals surface area contributed by atoms with Crippen molar-refractivity contribution in [1.29, 1.82) is 0 Å². The molecule has 31 heavy (non-hydrogen) atoms. The molecule has 0 unspecified atom stereocenters. The molecule has 0 saturated carbocycles. The van der Waals surface area contributed by atoms with Crippen LogP contribution in [-0.2, 0) is 14.8 Å². The molecule has 2 N–H and O–H groups in total. The number of anilines is 2. The van der Waals surface area contributed by atoms with Gasteiger partial charge in [-0.15, -0.1) is 0 Å². The summed E-state index contributed by atoms with van der Waals surface area (Å²) in [5.41, 5.74) is 2.29. The van der Waals surface area contributed by atoms with Crippen LogP contribution in [0.4, 0.5) is 15.8 Å². The molecule has 0 aliphatic rings. The first-order valence-corrected chi connectivity index (χ1v) is 11.1. The van der Waals surface area contributed by atoms with E-state index in [4.69, 9.17) is 4.74 Å². The third kappa shape index (κ3) is 5.61. The van der Waals surface area contributed by atoms with Gasteiger partial charge in [0.2, 0.25) is 0 Å². The molecule has 1 atom stereocenters. The number of amides is 1. The number of para-hydroxylation sites is 1. The van der Waals surface area contributed by atoms with Crippen molar-refractivity contribution in [3.8, 4) is 5.75 Å². The van der Waals surface area contributed by atoms with Gasteiger partial charge in [-0.25, -0.2) is 12.8 Å². The first-order chi connectivity index (χ1) is 14.7. The van der Waals surface area contributed by atoms with E-state index in [1.165, 1.54) is 42.5 Å². The molecule has 0 aliphatic carbocycles. The van der Waals surface area contributed by atoms with Gasteiger partial charge >= 0.3 is 0 Å². The molecule has 162 valence electrons. The number of carbonyl (C=O) groups excluding carboxylic acids is 1. The smallest absolute Gasteiger partial charge is 0.265 e. The van der Waals surface area contributed by atoms with Crippen molar-refractivity contribution in [2.45, 2.75) is 31.8 Å². The predicted octanol–water partition coefficient (Wildman–Crippen LogP) is 4.65. The first-order valence-electron chi connectivity index (χ1n) is 9.58. The van der Waals surface area contributed by atoms with E-state index in [1.54, 1.807) is 6.92 Å². The summed E-state index contributed by atoms with van der Waals surface area (Å²) in [4.78, 5) is 12.4. The first kappa shape index (κ1) is 22.3. The average Bonchev–Trinajstić information content (AvgIpc) is 2.72. The molecule has 8 heteroatoms. The van der Waals surface area contributed by atoms with Crippen LogP contribution in [0.3, 0.4) is 0 Å². The van der Waals surface area contributed by atoms with Gasteiger partial charge in [0.1, 0.15) is 11.6 Å². The largest absolute Gasteiger partial charge is 0.481 e. The monoisotopic (exact) mass is 442 g/mol. The van der Waals surface area contributed by atoms with Gasteiger partial charge in [-0.05, 0) is 68.8 Å². The quantitative estimate of drug-likeness (QED) is 0.558. The standard InChI is InChI=1S/C23H23FN2O4S/c1-15-8-13-22(16(2)14-15)30-17(3)23(27)25-18-9-11-19(12-10-18)31(28,29)26-21-7-5-4-6-20(21)24/h4-14,17,26H,1-3H3,(H,25,27)/t17-/m1/s1. The molecule has 0 aromatic heterocycles. The van der Waals surface area contributed by atoms with Crippen LogP contribution in [0.5, 0.6) is 5.75 Å². The summed E-state index contributed by atoms with van der Waals surface area (Å²) >= 11 is 0. The summed E-state index contributed by atoms with van der Waals surface area (Å²) in [6.07, 6.45) is -0.757. The van der Waals surface area contributed by atoms with E-state index in [2.05, 4.69) is 10.0 Å². The van der Waals surface area contributed by atoms with Crippen molar-refractivity contribution in [3.63, 3.8) is 0 Å². The van der Waals surface area contributed by atoms with Crippen LogP contribution in [0, 0.1) is 19.7 Å². The molecule has 0 fully saturated rings. The number of carbonyl (C=O) groups is 1. The SMILES string of the molecule is Cc1ccc(O[C@H](C)C(=O)Nc2ccc(S(=O)(=O)Nc3ccccc3F)cc2)c(C)c1. The van der Waals surface area contributed by atoms with Crippen molar-refractivity contribution in [1.82, 2.24) is 0 Å². The topological polar surface area (TPSA) is 84.5 Å². The van der Waals surface area contributed by atoms with E-state index >= 15 is 0 Å². The van der Waals surface area contributed by atoms with E-state index in [1.807, 2.05) is 32.0 Å². The van der Waals surface area contributed by atoms with Crippen molar-refractivity contribution in [2.75, 3.05) is 10.0 Å². The molecule has 0 bridgehead atoms. The summed E-state index contributed by atoms with van der Waals surface area (Å²) in [6.45, 7) is 5.51. The fourth-order valence-electron chi connectivity index (χ4n) is 2.88. The molecule has 0 radical (unpaired) electrons. The normalized spacial score (nSPS) is 12.1. The second-order valence-corrected chi connectivity index (χ2v) is 8.81. The summed E-state index contributed by atoms with van der Waals surface area (Å²) in [5, 5.41) is 2.69. The van der Waals surface area contributed by atoms with Gasteiger partial charge in [-0.3, -0.25) is 9.52 Å². The number of ether oxygens (including phenoxy) is 1. The zero-order valence-electron chi connectivity index (χ0n) is 17.3. The summed E-state index contributed by atoms with van der Waals surface area (Å²) < 4.78 is 46.6. The Morgan fingerprint density at radius 3 is 2.32 bits per heavy atom. The van der Waals surface area contributed by atoms with Gasteiger partial charge in [0.25, 0.3) is 15.9 Å². The van der Waals surface area contributed by atoms with Crippen LogP contribution in [0.25, 0.3) is 0 Å². The highest BCUT2D eigenvalue weighted by Gasteiger charge is 2.18. The zero-order chi connectivity index (χ0) is 22.6. The summed E-state index contributed by atoms with van der Waals surface area (Å²) in [7, 11) is -3.97. The van der Waals surface area contributed by atoms with Crippen LogP contribution in [0.15, 0.2) is 71.6 Å². The Morgan fingerprint density at radius 2 is 1.68 bits per heavy atom. The minimum Gasteiger partial charge on any atom is -0.481 e. The van der Waals surface area contributed by atoms with Crippen LogP contribution >= 0.6 is 0 Å². The van der Waals surface area contributed by atoms with Crippen LogP contribution < -0.4 is 14.8 Å². The van der Waals surface area contributed by atoms with Crippen molar-refractivity contribution < 1.29 is 22.3 Å². The van der Waals surface area contributed by atoms with Crippen LogP contribution in [0.1, 0.15) is 18.1 Å². The predicted molar refractivity (Wildman–Crippen MR) is 118 cm³/mol. The Morgan fingerprint density at radius 1 is 1.00 bits per heavy atom. The molecule has 0 spiro atoms. The van der Waals surface area contributed by atoms with Crippen LogP contribution in [0.2, 0.25) is 0 Å². The maximum absolute atomic E-state index is 13.7. The van der Waals surface area contributed by atoms with Crippen molar-refractivity contribution >= 4 is 27.3 Å². The highest BCUT2D eigenvalue weighted by molar-refractivity contribution is 7.92. The number of nitrogens with one attached hydrogen (secondary N) is 2. The van der Waals surface area contributed by atoms with Gasteiger partial charge in [-0.1, -0.05) is 29.8 Å². The molecular formula is C23H23FN2O4S. The number of benzene rings is 3. The zero-order valence-corrected chi connectivity index (χ0v) is 18.2. The molecular weight excluding hydrogens is 419 g/mol. The van der Waals surface area contributed by atoms with E-state index in [-0.39, 0.29) is 16.5 Å². The molecule has 0 heterocycles. The highest BCUT2D eigenvalue weighted by atomic mass is 32.2. The minimum absolute atomic E-state index is 0.0617. The lowest BCUT2D eigenvalue weighted by Crippen LogP contribution is -2.30. The highest BCUT2D eigenvalue weighted by Crippen LogP contribution is 2.22.